The molecule has 6 heteroatoms. The fraction of sp³-hybridized carbons (Fsp3) is 0.407. The van der Waals surface area contributed by atoms with Crippen molar-refractivity contribution in [3.8, 4) is 17.6 Å². The van der Waals surface area contributed by atoms with Crippen LogP contribution in [0.5, 0.6) is 11.5 Å². The van der Waals surface area contributed by atoms with Crippen molar-refractivity contribution in [3.63, 3.8) is 0 Å². The molecule has 0 saturated carbocycles. The molecule has 0 fully saturated rings. The number of aryl methyl sites for hydroxylation is 2. The van der Waals surface area contributed by atoms with Gasteiger partial charge in [-0.1, -0.05) is 56.7 Å². The Balaban J connectivity index is 2.10. The molecule has 2 rings (SSSR count). The summed E-state index contributed by atoms with van der Waals surface area (Å²) in [6, 6.07) is 11.3. The highest BCUT2D eigenvalue weighted by molar-refractivity contribution is 9.10. The third-order valence-corrected chi connectivity index (χ3v) is 5.89. The third-order valence-electron chi connectivity index (χ3n) is 5.30. The van der Waals surface area contributed by atoms with E-state index in [0.717, 1.165) is 24.0 Å². The maximum absolute atomic E-state index is 12.7. The number of unbranched alkanes of at least 4 members (excludes halogenated alkanes) is 5. The van der Waals surface area contributed by atoms with Crippen molar-refractivity contribution in [1.29, 1.82) is 5.26 Å². The van der Waals surface area contributed by atoms with Gasteiger partial charge in [0.2, 0.25) is 0 Å². The molecule has 0 bridgehead atoms. The van der Waals surface area contributed by atoms with Crippen LogP contribution in [-0.4, -0.2) is 19.6 Å². The largest absolute Gasteiger partial charge is 0.493 e. The van der Waals surface area contributed by atoms with Crippen LogP contribution >= 0.6 is 15.9 Å². The Hall–Kier alpha value is -2.78. The lowest BCUT2D eigenvalue weighted by atomic mass is 10.1. The summed E-state index contributed by atoms with van der Waals surface area (Å²) >= 11 is 3.54. The van der Waals surface area contributed by atoms with Crippen LogP contribution in [0, 0.1) is 25.2 Å². The number of nitrogens with zero attached hydrogens (tertiary/aromatic N) is 1. The molecule has 0 saturated heterocycles. The molecule has 2 aromatic rings. The van der Waals surface area contributed by atoms with Gasteiger partial charge >= 0.3 is 0 Å². The van der Waals surface area contributed by atoms with Gasteiger partial charge in [-0.25, -0.2) is 0 Å². The van der Waals surface area contributed by atoms with E-state index >= 15 is 0 Å². The highest BCUT2D eigenvalue weighted by atomic mass is 79.9. The molecule has 0 heterocycles. The van der Waals surface area contributed by atoms with E-state index in [9.17, 15) is 10.1 Å². The van der Waals surface area contributed by atoms with Gasteiger partial charge in [0.25, 0.3) is 5.91 Å². The monoisotopic (exact) mass is 512 g/mol. The summed E-state index contributed by atoms with van der Waals surface area (Å²) in [6.45, 7) is 6.73. The molecule has 0 aliphatic carbocycles. The first kappa shape index (κ1) is 26.5. The van der Waals surface area contributed by atoms with Crippen molar-refractivity contribution in [2.24, 2.45) is 0 Å². The average Bonchev–Trinajstić information content (AvgIpc) is 2.79. The number of amides is 1. The number of carbonyl (C=O) groups is 1. The fourth-order valence-corrected chi connectivity index (χ4v) is 4.05. The van der Waals surface area contributed by atoms with Crippen LogP contribution in [0.3, 0.4) is 0 Å². The van der Waals surface area contributed by atoms with Gasteiger partial charge in [-0.2, -0.15) is 5.26 Å². The normalized spacial score (nSPS) is 11.1. The zero-order valence-electron chi connectivity index (χ0n) is 20.0. The standard InChI is InChI=1S/C27H33BrN2O3/c1-5-6-7-8-9-10-13-33-26-23(28)16-21(17-25(26)32-4)15-22(18-29)27(31)30-24-12-11-19(2)14-20(24)3/h11-12,14-17H,5-10,13H2,1-4H3,(H,30,31)/b22-15+. The second-order valence-corrected chi connectivity index (χ2v) is 8.95. The highest BCUT2D eigenvalue weighted by Gasteiger charge is 2.14. The number of benzene rings is 2. The molecule has 0 radical (unpaired) electrons. The number of rotatable bonds is 12. The van der Waals surface area contributed by atoms with Gasteiger partial charge in [-0.05, 0) is 71.6 Å². The summed E-state index contributed by atoms with van der Waals surface area (Å²) < 4.78 is 12.2. The van der Waals surface area contributed by atoms with Gasteiger partial charge in [0, 0.05) is 5.69 Å². The van der Waals surface area contributed by atoms with Gasteiger partial charge in [-0.15, -0.1) is 0 Å². The molecular weight excluding hydrogens is 480 g/mol. The maximum atomic E-state index is 12.7. The van der Waals surface area contributed by atoms with Crippen LogP contribution in [0.1, 0.15) is 62.1 Å². The number of hydrogen-bond acceptors (Lipinski definition) is 4. The predicted octanol–water partition coefficient (Wildman–Crippen LogP) is 7.36. The minimum atomic E-state index is -0.456. The molecule has 0 atom stereocenters. The van der Waals surface area contributed by atoms with Crippen LogP contribution in [0.15, 0.2) is 40.4 Å². The molecule has 1 amide bonds. The minimum Gasteiger partial charge on any atom is -0.493 e. The van der Waals surface area contributed by atoms with Crippen LogP contribution < -0.4 is 14.8 Å². The van der Waals surface area contributed by atoms with Gasteiger partial charge in [0.05, 0.1) is 18.2 Å². The van der Waals surface area contributed by atoms with Crippen LogP contribution in [-0.2, 0) is 4.79 Å². The van der Waals surface area contributed by atoms with E-state index in [4.69, 9.17) is 9.47 Å². The smallest absolute Gasteiger partial charge is 0.266 e. The quantitative estimate of drug-likeness (QED) is 0.183. The second-order valence-electron chi connectivity index (χ2n) is 8.09. The molecule has 2 aromatic carbocycles. The first-order chi connectivity index (χ1) is 15.9. The summed E-state index contributed by atoms with van der Waals surface area (Å²) in [7, 11) is 1.57. The predicted molar refractivity (Wildman–Crippen MR) is 138 cm³/mol. The summed E-state index contributed by atoms with van der Waals surface area (Å²) in [5, 5.41) is 12.4. The number of halogens is 1. The number of anilines is 1. The molecule has 176 valence electrons. The van der Waals surface area contributed by atoms with Gasteiger partial charge in [0.15, 0.2) is 11.5 Å². The van der Waals surface area contributed by atoms with Gasteiger partial charge in [0.1, 0.15) is 11.6 Å². The SMILES string of the molecule is CCCCCCCCOc1c(Br)cc(/C=C(\C#N)C(=O)Nc2ccc(C)cc2C)cc1OC. The Kier molecular flexibility index (Phi) is 11.0. The van der Waals surface area contributed by atoms with E-state index in [-0.39, 0.29) is 5.57 Å². The van der Waals surface area contributed by atoms with E-state index in [2.05, 4.69) is 28.2 Å². The minimum absolute atomic E-state index is 0.00433. The van der Waals surface area contributed by atoms with Crippen molar-refractivity contribution in [2.45, 2.75) is 59.3 Å². The summed E-state index contributed by atoms with van der Waals surface area (Å²) in [4.78, 5) is 12.7. The van der Waals surface area contributed by atoms with E-state index in [1.165, 1.54) is 25.7 Å². The zero-order valence-corrected chi connectivity index (χ0v) is 21.5. The summed E-state index contributed by atoms with van der Waals surface area (Å²) in [5.41, 5.74) is 3.40. The molecule has 0 spiro atoms. The Labute approximate surface area is 205 Å². The molecule has 0 aliphatic rings. The van der Waals surface area contributed by atoms with E-state index < -0.39 is 5.91 Å². The molecule has 33 heavy (non-hydrogen) atoms. The summed E-state index contributed by atoms with van der Waals surface area (Å²) in [5.74, 6) is 0.720. The number of methoxy groups -OCH3 is 1. The Morgan fingerprint density at radius 3 is 2.52 bits per heavy atom. The Morgan fingerprint density at radius 2 is 1.85 bits per heavy atom. The highest BCUT2D eigenvalue weighted by Crippen LogP contribution is 2.37. The number of hydrogen-bond donors (Lipinski definition) is 1. The lowest BCUT2D eigenvalue weighted by molar-refractivity contribution is -0.112. The lowest BCUT2D eigenvalue weighted by Crippen LogP contribution is -2.14. The topological polar surface area (TPSA) is 71.3 Å². The molecular formula is C27H33BrN2O3. The van der Waals surface area contributed by atoms with Crippen molar-refractivity contribution >= 4 is 33.6 Å². The molecule has 0 aromatic heterocycles. The number of carbonyl (C=O) groups excluding carboxylic acids is 1. The van der Waals surface area contributed by atoms with Crippen molar-refractivity contribution < 1.29 is 14.3 Å². The van der Waals surface area contributed by atoms with E-state index in [0.29, 0.717) is 33.8 Å². The van der Waals surface area contributed by atoms with Crippen molar-refractivity contribution in [2.75, 3.05) is 19.0 Å². The maximum Gasteiger partial charge on any atom is 0.266 e. The lowest BCUT2D eigenvalue weighted by Gasteiger charge is -2.14. The Bertz CT molecular complexity index is 1020. The van der Waals surface area contributed by atoms with E-state index in [1.807, 2.05) is 44.2 Å². The number of ether oxygens (including phenoxy) is 2. The van der Waals surface area contributed by atoms with Crippen molar-refractivity contribution in [3.05, 3.63) is 57.1 Å². The second kappa shape index (κ2) is 13.7. The van der Waals surface area contributed by atoms with Gasteiger partial charge < -0.3 is 14.8 Å². The molecule has 0 aliphatic heterocycles. The number of nitriles is 1. The zero-order chi connectivity index (χ0) is 24.2. The van der Waals surface area contributed by atoms with Gasteiger partial charge in [-0.3, -0.25) is 4.79 Å². The number of nitrogens with one attached hydrogen (secondary N) is 1. The molecule has 1 N–H and O–H groups in total. The summed E-state index contributed by atoms with van der Waals surface area (Å²) in [6.07, 6.45) is 8.68. The average molecular weight is 513 g/mol. The Morgan fingerprint density at radius 1 is 1.12 bits per heavy atom. The van der Waals surface area contributed by atoms with Crippen LogP contribution in [0.2, 0.25) is 0 Å². The third kappa shape index (κ3) is 8.25. The van der Waals surface area contributed by atoms with Crippen LogP contribution in [0.25, 0.3) is 6.08 Å². The van der Waals surface area contributed by atoms with Crippen molar-refractivity contribution in [1.82, 2.24) is 0 Å². The fourth-order valence-electron chi connectivity index (χ4n) is 3.48. The van der Waals surface area contributed by atoms with Crippen LogP contribution in [0.4, 0.5) is 5.69 Å². The molecule has 5 nitrogen and oxygen atoms in total. The first-order valence-corrected chi connectivity index (χ1v) is 12.2. The van der Waals surface area contributed by atoms with E-state index in [1.54, 1.807) is 19.3 Å². The first-order valence-electron chi connectivity index (χ1n) is 11.4. The molecule has 0 unspecified atom stereocenters.